The number of amides is 2. The highest BCUT2D eigenvalue weighted by atomic mass is 32.2. The van der Waals surface area contributed by atoms with Crippen LogP contribution in [0.25, 0.3) is 0 Å². The van der Waals surface area contributed by atoms with Crippen LogP contribution in [0.15, 0.2) is 24.3 Å². The molecule has 0 spiro atoms. The molecule has 1 heterocycles. The molecule has 1 N–H and O–H groups in total. The minimum Gasteiger partial charge on any atom is -0.494 e. The first-order valence-corrected chi connectivity index (χ1v) is 7.62. The van der Waals surface area contributed by atoms with Crippen LogP contribution in [0.4, 0.5) is 10.5 Å². The summed E-state index contributed by atoms with van der Waals surface area (Å²) in [6.07, 6.45) is 0.319. The van der Waals surface area contributed by atoms with E-state index in [2.05, 4.69) is 5.32 Å². The lowest BCUT2D eigenvalue weighted by Gasteiger charge is -2.14. The van der Waals surface area contributed by atoms with E-state index in [0.717, 1.165) is 23.7 Å². The lowest BCUT2D eigenvalue weighted by atomic mass is 10.3. The van der Waals surface area contributed by atoms with Crippen molar-refractivity contribution < 1.29 is 14.3 Å². The Kier molecular flexibility index (Phi) is 5.29. The van der Waals surface area contributed by atoms with E-state index in [9.17, 15) is 9.59 Å². The van der Waals surface area contributed by atoms with Crippen molar-refractivity contribution >= 4 is 28.6 Å². The van der Waals surface area contributed by atoms with Gasteiger partial charge in [0.1, 0.15) is 5.75 Å². The van der Waals surface area contributed by atoms with Crippen LogP contribution in [-0.4, -0.2) is 41.5 Å². The Hall–Kier alpha value is -1.69. The van der Waals surface area contributed by atoms with Gasteiger partial charge in [-0.15, -0.1) is 0 Å². The maximum absolute atomic E-state index is 11.8. The minimum atomic E-state index is -0.0844. The molecule has 1 saturated heterocycles. The molecule has 2 amide bonds. The number of nitrogens with one attached hydrogen (secondary N) is 1. The Balaban J connectivity index is 1.77. The first-order valence-electron chi connectivity index (χ1n) is 6.63. The third-order valence-electron chi connectivity index (χ3n) is 2.90. The van der Waals surface area contributed by atoms with Crippen molar-refractivity contribution in [1.29, 1.82) is 0 Å². The van der Waals surface area contributed by atoms with Crippen molar-refractivity contribution in [1.82, 2.24) is 4.90 Å². The fourth-order valence-electron chi connectivity index (χ4n) is 1.89. The van der Waals surface area contributed by atoms with Gasteiger partial charge in [-0.25, -0.2) is 0 Å². The van der Waals surface area contributed by atoms with Crippen molar-refractivity contribution in [2.75, 3.05) is 30.8 Å². The number of hydrogen-bond donors (Lipinski definition) is 1. The molecule has 1 aliphatic rings. The highest BCUT2D eigenvalue weighted by Crippen LogP contribution is 2.18. The number of nitrogens with zero attached hydrogens (tertiary/aromatic N) is 1. The summed E-state index contributed by atoms with van der Waals surface area (Å²) in [5.74, 6) is 1.52. The quantitative estimate of drug-likeness (QED) is 0.876. The fraction of sp³-hybridized carbons (Fsp3) is 0.429. The Morgan fingerprint density at radius 2 is 2.15 bits per heavy atom. The summed E-state index contributed by atoms with van der Waals surface area (Å²) >= 11 is 1.31. The molecule has 1 aromatic rings. The van der Waals surface area contributed by atoms with Crippen molar-refractivity contribution in [2.45, 2.75) is 13.3 Å². The first-order chi connectivity index (χ1) is 9.69. The van der Waals surface area contributed by atoms with Crippen LogP contribution in [0.5, 0.6) is 5.75 Å². The number of hydrogen-bond acceptors (Lipinski definition) is 4. The van der Waals surface area contributed by atoms with Gasteiger partial charge in [-0.05, 0) is 31.2 Å². The standard InChI is InChI=1S/C14H18N2O3S/c1-2-19-12-5-3-11(4-6-12)15-13(17)7-8-16-9-10-20-14(16)18/h3-6H,2,7-10H2,1H3,(H,15,17). The van der Waals surface area contributed by atoms with Crippen LogP contribution in [0.2, 0.25) is 0 Å². The summed E-state index contributed by atoms with van der Waals surface area (Å²) in [6.45, 7) is 3.76. The van der Waals surface area contributed by atoms with Gasteiger partial charge in [0.05, 0.1) is 6.61 Å². The van der Waals surface area contributed by atoms with Gasteiger partial charge in [0.25, 0.3) is 5.24 Å². The molecule has 0 saturated carbocycles. The summed E-state index contributed by atoms with van der Waals surface area (Å²) in [6, 6.07) is 7.25. The molecule has 6 heteroatoms. The summed E-state index contributed by atoms with van der Waals surface area (Å²) < 4.78 is 5.33. The topological polar surface area (TPSA) is 58.6 Å². The van der Waals surface area contributed by atoms with Crippen LogP contribution < -0.4 is 10.1 Å². The Morgan fingerprint density at radius 1 is 1.40 bits per heavy atom. The van der Waals surface area contributed by atoms with E-state index in [1.54, 1.807) is 17.0 Å². The van der Waals surface area contributed by atoms with E-state index in [0.29, 0.717) is 19.6 Å². The van der Waals surface area contributed by atoms with Crippen LogP contribution in [0, 0.1) is 0 Å². The first kappa shape index (κ1) is 14.7. The zero-order chi connectivity index (χ0) is 14.4. The second kappa shape index (κ2) is 7.19. The van der Waals surface area contributed by atoms with Gasteiger partial charge in [0.15, 0.2) is 0 Å². The molecule has 5 nitrogen and oxygen atoms in total. The number of benzene rings is 1. The summed E-state index contributed by atoms with van der Waals surface area (Å²) in [4.78, 5) is 24.9. The molecular weight excluding hydrogens is 276 g/mol. The van der Waals surface area contributed by atoms with E-state index in [1.165, 1.54) is 11.8 Å². The van der Waals surface area contributed by atoms with Crippen LogP contribution in [0.1, 0.15) is 13.3 Å². The Morgan fingerprint density at radius 3 is 2.75 bits per heavy atom. The molecule has 0 bridgehead atoms. The summed E-state index contributed by atoms with van der Waals surface area (Å²) in [5, 5.41) is 2.88. The largest absolute Gasteiger partial charge is 0.494 e. The lowest BCUT2D eigenvalue weighted by Crippen LogP contribution is -2.27. The number of ether oxygens (including phenoxy) is 1. The zero-order valence-corrected chi connectivity index (χ0v) is 12.2. The molecule has 0 atom stereocenters. The summed E-state index contributed by atoms with van der Waals surface area (Å²) in [7, 11) is 0. The van der Waals surface area contributed by atoms with Gasteiger partial charge < -0.3 is 15.0 Å². The van der Waals surface area contributed by atoms with Crippen molar-refractivity contribution in [3.8, 4) is 5.75 Å². The Labute approximate surface area is 122 Å². The normalized spacial score (nSPS) is 14.4. The van der Waals surface area contributed by atoms with Gasteiger partial charge in [0, 0.05) is 31.0 Å². The molecular formula is C14H18N2O3S. The van der Waals surface area contributed by atoms with E-state index in [4.69, 9.17) is 4.74 Å². The molecule has 108 valence electrons. The Bertz CT molecular complexity index is 476. The number of carbonyl (C=O) groups is 2. The van der Waals surface area contributed by atoms with Crippen LogP contribution in [0.3, 0.4) is 0 Å². The average molecular weight is 294 g/mol. The second-order valence-electron chi connectivity index (χ2n) is 4.36. The van der Waals surface area contributed by atoms with E-state index in [1.807, 2.05) is 19.1 Å². The van der Waals surface area contributed by atoms with Gasteiger partial charge in [-0.2, -0.15) is 0 Å². The second-order valence-corrected chi connectivity index (χ2v) is 5.40. The minimum absolute atomic E-state index is 0.0684. The molecule has 20 heavy (non-hydrogen) atoms. The van der Waals surface area contributed by atoms with E-state index in [-0.39, 0.29) is 11.1 Å². The van der Waals surface area contributed by atoms with E-state index < -0.39 is 0 Å². The molecule has 1 aliphatic heterocycles. The smallest absolute Gasteiger partial charge is 0.281 e. The molecule has 0 aliphatic carbocycles. The molecule has 2 rings (SSSR count). The maximum Gasteiger partial charge on any atom is 0.281 e. The fourth-order valence-corrected chi connectivity index (χ4v) is 2.74. The maximum atomic E-state index is 11.8. The molecule has 0 radical (unpaired) electrons. The van der Waals surface area contributed by atoms with Gasteiger partial charge in [-0.1, -0.05) is 11.8 Å². The van der Waals surface area contributed by atoms with Gasteiger partial charge in [0.2, 0.25) is 5.91 Å². The summed E-state index contributed by atoms with van der Waals surface area (Å²) in [5.41, 5.74) is 0.737. The van der Waals surface area contributed by atoms with Gasteiger partial charge in [-0.3, -0.25) is 9.59 Å². The van der Waals surface area contributed by atoms with Crippen molar-refractivity contribution in [2.24, 2.45) is 0 Å². The van der Waals surface area contributed by atoms with E-state index >= 15 is 0 Å². The van der Waals surface area contributed by atoms with Crippen molar-refractivity contribution in [3.63, 3.8) is 0 Å². The molecule has 1 aromatic carbocycles. The SMILES string of the molecule is CCOc1ccc(NC(=O)CCN2CCSC2=O)cc1. The predicted molar refractivity (Wildman–Crippen MR) is 80.3 cm³/mol. The third-order valence-corrected chi connectivity index (χ3v) is 3.79. The predicted octanol–water partition coefficient (Wildman–Crippen LogP) is 2.58. The molecule has 1 fully saturated rings. The monoisotopic (exact) mass is 294 g/mol. The van der Waals surface area contributed by atoms with Crippen molar-refractivity contribution in [3.05, 3.63) is 24.3 Å². The lowest BCUT2D eigenvalue weighted by molar-refractivity contribution is -0.116. The molecule has 0 aromatic heterocycles. The number of anilines is 1. The van der Waals surface area contributed by atoms with Crippen LogP contribution in [-0.2, 0) is 4.79 Å². The zero-order valence-electron chi connectivity index (χ0n) is 11.4. The highest BCUT2D eigenvalue weighted by molar-refractivity contribution is 8.13. The van der Waals surface area contributed by atoms with Gasteiger partial charge >= 0.3 is 0 Å². The number of thioether (sulfide) groups is 1. The average Bonchev–Trinajstić information content (AvgIpc) is 2.84. The highest BCUT2D eigenvalue weighted by Gasteiger charge is 2.21. The number of carbonyl (C=O) groups excluding carboxylic acids is 2. The van der Waals surface area contributed by atoms with Crippen LogP contribution >= 0.6 is 11.8 Å². The third kappa shape index (κ3) is 4.16. The molecule has 0 unspecified atom stereocenters. The number of rotatable bonds is 6.